The Morgan fingerprint density at radius 3 is 2.56 bits per heavy atom. The number of rotatable bonds is 9. The van der Waals surface area contributed by atoms with Crippen LogP contribution in [0, 0.1) is 6.92 Å². The number of nitrogens with one attached hydrogen (secondary N) is 2. The molecule has 0 saturated carbocycles. The van der Waals surface area contributed by atoms with Gasteiger partial charge in [0.2, 0.25) is 5.91 Å². The first-order valence-electron chi connectivity index (χ1n) is 8.75. The van der Waals surface area contributed by atoms with Crippen LogP contribution in [-0.2, 0) is 4.79 Å². The Labute approximate surface area is 164 Å². The van der Waals surface area contributed by atoms with Gasteiger partial charge in [0.1, 0.15) is 23.3 Å². The lowest BCUT2D eigenvalue weighted by Crippen LogP contribution is -2.47. The number of para-hydroxylation sites is 1. The molecule has 6 nitrogen and oxygen atoms in total. The number of hydrogen-bond donors (Lipinski definition) is 2. The van der Waals surface area contributed by atoms with E-state index in [-0.39, 0.29) is 17.9 Å². The van der Waals surface area contributed by atoms with Crippen molar-refractivity contribution in [2.75, 3.05) is 19.1 Å². The Balaban J connectivity index is 2.09. The fraction of sp³-hybridized carbons (Fsp3) is 0.400. The molecule has 0 aliphatic carbocycles. The molecule has 2 aromatic rings. The summed E-state index contributed by atoms with van der Waals surface area (Å²) in [6.07, 6.45) is 2.49. The Morgan fingerprint density at radius 2 is 1.93 bits per heavy atom. The number of ether oxygens (including phenoxy) is 1. The molecule has 27 heavy (non-hydrogen) atoms. The minimum Gasteiger partial charge on any atom is -0.496 e. The molecule has 2 amide bonds. The maximum atomic E-state index is 12.8. The first-order chi connectivity index (χ1) is 13.0. The molecule has 0 spiro atoms. The summed E-state index contributed by atoms with van der Waals surface area (Å²) in [6, 6.07) is 9.70. The van der Waals surface area contributed by atoms with Crippen LogP contribution in [0.5, 0.6) is 5.75 Å². The van der Waals surface area contributed by atoms with Gasteiger partial charge in [0.25, 0.3) is 5.91 Å². The van der Waals surface area contributed by atoms with E-state index in [0.29, 0.717) is 23.5 Å². The highest BCUT2D eigenvalue weighted by molar-refractivity contribution is 7.98. The summed E-state index contributed by atoms with van der Waals surface area (Å²) in [5.74, 6) is 2.11. The van der Waals surface area contributed by atoms with Gasteiger partial charge in [-0.2, -0.15) is 11.8 Å². The first-order valence-corrected chi connectivity index (χ1v) is 10.1. The van der Waals surface area contributed by atoms with Gasteiger partial charge < -0.3 is 19.8 Å². The van der Waals surface area contributed by atoms with Crippen molar-refractivity contribution < 1.29 is 18.7 Å². The van der Waals surface area contributed by atoms with Crippen LogP contribution >= 0.6 is 11.8 Å². The van der Waals surface area contributed by atoms with E-state index < -0.39 is 6.04 Å². The van der Waals surface area contributed by atoms with Crippen LogP contribution in [-0.4, -0.2) is 37.0 Å². The summed E-state index contributed by atoms with van der Waals surface area (Å²) >= 11 is 1.62. The quantitative estimate of drug-likeness (QED) is 0.686. The summed E-state index contributed by atoms with van der Waals surface area (Å²) in [6.45, 7) is 3.70. The zero-order chi connectivity index (χ0) is 19.8. The fourth-order valence-corrected chi connectivity index (χ4v) is 3.12. The van der Waals surface area contributed by atoms with Crippen molar-refractivity contribution >= 4 is 23.6 Å². The third kappa shape index (κ3) is 5.79. The highest BCUT2D eigenvalue weighted by Gasteiger charge is 2.24. The predicted molar refractivity (Wildman–Crippen MR) is 107 cm³/mol. The van der Waals surface area contributed by atoms with Crippen LogP contribution in [0.1, 0.15) is 41.3 Å². The number of hydrogen-bond acceptors (Lipinski definition) is 5. The van der Waals surface area contributed by atoms with Gasteiger partial charge in [-0.3, -0.25) is 9.59 Å². The topological polar surface area (TPSA) is 80.6 Å². The lowest BCUT2D eigenvalue weighted by molar-refractivity contribution is -0.123. The highest BCUT2D eigenvalue weighted by atomic mass is 32.2. The van der Waals surface area contributed by atoms with Crippen LogP contribution in [0.3, 0.4) is 0 Å². The van der Waals surface area contributed by atoms with Gasteiger partial charge >= 0.3 is 0 Å². The van der Waals surface area contributed by atoms with E-state index in [1.165, 1.54) is 7.11 Å². The Kier molecular flexibility index (Phi) is 7.79. The molecule has 0 aliphatic heterocycles. The smallest absolute Gasteiger partial charge is 0.255 e. The third-order valence-corrected chi connectivity index (χ3v) is 4.77. The van der Waals surface area contributed by atoms with Crippen LogP contribution in [0.2, 0.25) is 0 Å². The number of carbonyl (C=O) groups is 2. The van der Waals surface area contributed by atoms with E-state index in [2.05, 4.69) is 10.6 Å². The Hall–Kier alpha value is -2.41. The van der Waals surface area contributed by atoms with Crippen LogP contribution in [0.4, 0.5) is 0 Å². The number of benzene rings is 1. The minimum atomic E-state index is -0.645. The average Bonchev–Trinajstić information content (AvgIpc) is 3.11. The number of thioether (sulfide) groups is 1. The standard InChI is InChI=1S/C20H26N2O4S/c1-13-9-10-17(26-13)14(2)21-20(24)16(11-12-27-4)22-19(23)15-7-5-6-8-18(15)25-3/h5-10,14,16H,11-12H2,1-4H3,(H,21,24)(H,22,23). The summed E-state index contributed by atoms with van der Waals surface area (Å²) < 4.78 is 10.8. The van der Waals surface area contributed by atoms with Crippen LogP contribution in [0.15, 0.2) is 40.8 Å². The molecule has 0 radical (unpaired) electrons. The second-order valence-corrected chi connectivity index (χ2v) is 7.17. The zero-order valence-electron chi connectivity index (χ0n) is 16.1. The van der Waals surface area contributed by atoms with E-state index in [4.69, 9.17) is 9.15 Å². The predicted octanol–water partition coefficient (Wildman–Crippen LogP) is 3.33. The van der Waals surface area contributed by atoms with Gasteiger partial charge in [-0.15, -0.1) is 0 Å². The fourth-order valence-electron chi connectivity index (χ4n) is 2.64. The van der Waals surface area contributed by atoms with E-state index in [9.17, 15) is 9.59 Å². The number of furan rings is 1. The molecule has 2 rings (SSSR count). The zero-order valence-corrected chi connectivity index (χ0v) is 16.9. The molecule has 2 unspecified atom stereocenters. The first kappa shape index (κ1) is 20.9. The molecule has 2 atom stereocenters. The molecule has 7 heteroatoms. The lowest BCUT2D eigenvalue weighted by atomic mass is 10.1. The van der Waals surface area contributed by atoms with E-state index >= 15 is 0 Å². The largest absolute Gasteiger partial charge is 0.496 e. The van der Waals surface area contributed by atoms with E-state index in [0.717, 1.165) is 11.5 Å². The van der Waals surface area contributed by atoms with Crippen molar-refractivity contribution in [1.29, 1.82) is 0 Å². The second kappa shape index (κ2) is 10.1. The lowest BCUT2D eigenvalue weighted by Gasteiger charge is -2.21. The summed E-state index contributed by atoms with van der Waals surface area (Å²) in [5.41, 5.74) is 0.400. The van der Waals surface area contributed by atoms with E-state index in [1.54, 1.807) is 36.0 Å². The number of aryl methyl sites for hydroxylation is 1. The molecule has 1 aromatic heterocycles. The van der Waals surface area contributed by atoms with Crippen molar-refractivity contribution in [2.24, 2.45) is 0 Å². The monoisotopic (exact) mass is 390 g/mol. The molecule has 0 fully saturated rings. The Morgan fingerprint density at radius 1 is 1.19 bits per heavy atom. The molecule has 2 N–H and O–H groups in total. The second-order valence-electron chi connectivity index (χ2n) is 6.19. The number of methoxy groups -OCH3 is 1. The molecule has 0 bridgehead atoms. The summed E-state index contributed by atoms with van der Waals surface area (Å²) in [4.78, 5) is 25.4. The molecule has 0 saturated heterocycles. The normalized spacial score (nSPS) is 12.9. The van der Waals surface area contributed by atoms with Gasteiger partial charge in [0.15, 0.2) is 0 Å². The number of amides is 2. The maximum absolute atomic E-state index is 12.8. The van der Waals surface area contributed by atoms with E-state index in [1.807, 2.05) is 32.2 Å². The molecule has 0 aliphatic rings. The van der Waals surface area contributed by atoms with Crippen molar-refractivity contribution in [1.82, 2.24) is 10.6 Å². The molecule has 1 heterocycles. The van der Waals surface area contributed by atoms with Crippen LogP contribution in [0.25, 0.3) is 0 Å². The molecular formula is C20H26N2O4S. The van der Waals surface area contributed by atoms with Crippen molar-refractivity contribution in [3.05, 3.63) is 53.5 Å². The third-order valence-electron chi connectivity index (χ3n) is 4.13. The van der Waals surface area contributed by atoms with Gasteiger partial charge in [-0.25, -0.2) is 0 Å². The Bertz CT molecular complexity index is 775. The van der Waals surface area contributed by atoms with Crippen molar-refractivity contribution in [3.63, 3.8) is 0 Å². The van der Waals surface area contributed by atoms with Gasteiger partial charge in [0.05, 0.1) is 18.7 Å². The van der Waals surface area contributed by atoms with Crippen molar-refractivity contribution in [2.45, 2.75) is 32.4 Å². The molecule has 146 valence electrons. The number of carbonyl (C=O) groups excluding carboxylic acids is 2. The van der Waals surface area contributed by atoms with Crippen LogP contribution < -0.4 is 15.4 Å². The highest BCUT2D eigenvalue weighted by Crippen LogP contribution is 2.18. The minimum absolute atomic E-state index is 0.242. The maximum Gasteiger partial charge on any atom is 0.255 e. The van der Waals surface area contributed by atoms with Crippen molar-refractivity contribution in [3.8, 4) is 5.75 Å². The summed E-state index contributed by atoms with van der Waals surface area (Å²) in [7, 11) is 1.51. The van der Waals surface area contributed by atoms with Gasteiger partial charge in [0, 0.05) is 0 Å². The molecule has 1 aromatic carbocycles. The SMILES string of the molecule is COc1ccccc1C(=O)NC(CCSC)C(=O)NC(C)c1ccc(C)o1. The van der Waals surface area contributed by atoms with Gasteiger partial charge in [-0.1, -0.05) is 12.1 Å². The average molecular weight is 391 g/mol. The van der Waals surface area contributed by atoms with Gasteiger partial charge in [-0.05, 0) is 56.5 Å². The summed E-state index contributed by atoms with van der Waals surface area (Å²) in [5, 5.41) is 5.75. The molecular weight excluding hydrogens is 364 g/mol.